The van der Waals surface area contributed by atoms with E-state index in [1.165, 1.54) is 94.2 Å². The van der Waals surface area contributed by atoms with Crippen molar-refractivity contribution in [1.29, 1.82) is 0 Å². The second-order valence-corrected chi connectivity index (χ2v) is 16.9. The van der Waals surface area contributed by atoms with Gasteiger partial charge in [0.1, 0.15) is 0 Å². The van der Waals surface area contributed by atoms with Crippen molar-refractivity contribution < 1.29 is 56.5 Å². The maximum absolute atomic E-state index is 11.3. The minimum Gasteiger partial charge on any atom is -0.493 e. The second-order valence-electron chi connectivity index (χ2n) is 16.9. The third kappa shape index (κ3) is 18.0. The van der Waals surface area contributed by atoms with Crippen LogP contribution >= 0.6 is 0 Å². The number of benzene rings is 4. The third-order valence-electron chi connectivity index (χ3n) is 11.8. The van der Waals surface area contributed by atoms with E-state index in [2.05, 4.69) is 151 Å². The molecule has 66 heavy (non-hydrogen) atoms. The van der Waals surface area contributed by atoms with Crippen LogP contribution in [-0.2, 0) is 62.6 Å². The van der Waals surface area contributed by atoms with Crippen LogP contribution in [0.1, 0.15) is 176 Å². The molecule has 6 rings (SSSR count). The molecule has 0 saturated carbocycles. The van der Waals surface area contributed by atoms with Crippen molar-refractivity contribution in [3.8, 4) is 0 Å². The Kier molecular flexibility index (Phi) is 31.4. The van der Waals surface area contributed by atoms with Gasteiger partial charge >= 0.3 is 0 Å². The molecule has 4 aromatic carbocycles. The van der Waals surface area contributed by atoms with Crippen LogP contribution in [-0.4, -0.2) is 33.8 Å². The van der Waals surface area contributed by atoms with Crippen molar-refractivity contribution in [3.05, 3.63) is 176 Å². The minimum absolute atomic E-state index is 0. The SMILES string of the molecule is CCCCC1=C(c2cccc(CCCC)c2)[N+](=[N-])C(c2cccc(CCCC)c2)=C1.CCCCC1=C(c2cccc(CCCC)c2)[N+](=[N-])C(c2cccc(CCCC)c2)=C1.CO.CO.[Ni].[Pd]. The van der Waals surface area contributed by atoms with Gasteiger partial charge in [0.15, 0.2) is 0 Å². The summed E-state index contributed by atoms with van der Waals surface area (Å²) in [7, 11) is 2.00. The summed E-state index contributed by atoms with van der Waals surface area (Å²) in [6.45, 7) is 13.4. The number of unbranched alkanes of at least 4 members (excludes halogenated alkanes) is 6. The van der Waals surface area contributed by atoms with E-state index in [0.717, 1.165) is 123 Å². The first-order chi connectivity index (χ1) is 31.3. The molecule has 0 unspecified atom stereocenters. The van der Waals surface area contributed by atoms with E-state index >= 15 is 0 Å². The van der Waals surface area contributed by atoms with Crippen molar-refractivity contribution >= 4 is 22.8 Å². The fourth-order valence-electron chi connectivity index (χ4n) is 8.29. The molecule has 0 amide bonds. The topological polar surface area (TPSA) is 91.1 Å². The van der Waals surface area contributed by atoms with Gasteiger partial charge < -0.3 is 21.3 Å². The van der Waals surface area contributed by atoms with Crippen molar-refractivity contribution in [3.63, 3.8) is 0 Å². The molecule has 0 bridgehead atoms. The van der Waals surface area contributed by atoms with Crippen molar-refractivity contribution in [2.24, 2.45) is 0 Å². The van der Waals surface area contributed by atoms with E-state index in [0.29, 0.717) is 0 Å². The molecule has 0 atom stereocenters. The Bertz CT molecular complexity index is 2050. The van der Waals surface area contributed by atoms with Crippen molar-refractivity contribution in [2.75, 3.05) is 14.2 Å². The van der Waals surface area contributed by atoms with E-state index in [9.17, 15) is 11.1 Å². The van der Waals surface area contributed by atoms with Gasteiger partial charge in [-0.25, -0.2) is 9.39 Å². The average Bonchev–Trinajstić information content (AvgIpc) is 3.86. The Labute approximate surface area is 424 Å². The van der Waals surface area contributed by atoms with E-state index in [4.69, 9.17) is 10.2 Å². The van der Waals surface area contributed by atoms with E-state index in [-0.39, 0.29) is 36.9 Å². The van der Waals surface area contributed by atoms with Gasteiger partial charge in [0.25, 0.3) is 0 Å². The summed E-state index contributed by atoms with van der Waals surface area (Å²) in [5.74, 6) is 0. The van der Waals surface area contributed by atoms with Crippen LogP contribution in [0.2, 0.25) is 0 Å². The summed E-state index contributed by atoms with van der Waals surface area (Å²) in [5.41, 5.74) is 38.5. The fourth-order valence-corrected chi connectivity index (χ4v) is 8.29. The molecule has 0 spiro atoms. The first kappa shape index (κ1) is 60.1. The van der Waals surface area contributed by atoms with E-state index in [1.807, 2.05) is 0 Å². The number of nitrogens with zero attached hydrogens (tertiary/aromatic N) is 4. The molecule has 2 N–H and O–H groups in total. The van der Waals surface area contributed by atoms with Gasteiger partial charge in [0.2, 0.25) is 22.8 Å². The summed E-state index contributed by atoms with van der Waals surface area (Å²) in [5, 5.41) is 14.0. The van der Waals surface area contributed by atoms with Crippen LogP contribution in [0.4, 0.5) is 0 Å². The van der Waals surface area contributed by atoms with Crippen LogP contribution in [0.15, 0.2) is 120 Å². The summed E-state index contributed by atoms with van der Waals surface area (Å²) in [4.78, 5) is 0. The molecule has 0 aromatic heterocycles. The molecular formula is C58H80N4NiO2Pd. The number of rotatable bonds is 22. The Morgan fingerprint density at radius 1 is 0.379 bits per heavy atom. The van der Waals surface area contributed by atoms with Gasteiger partial charge in [0, 0.05) is 96.7 Å². The Morgan fingerprint density at radius 3 is 0.894 bits per heavy atom. The summed E-state index contributed by atoms with van der Waals surface area (Å²) >= 11 is 0. The molecule has 0 saturated heterocycles. The van der Waals surface area contributed by atoms with Crippen molar-refractivity contribution in [2.45, 2.75) is 157 Å². The monoisotopic (exact) mass is 1030 g/mol. The van der Waals surface area contributed by atoms with Gasteiger partial charge in [-0.15, -0.1) is 0 Å². The van der Waals surface area contributed by atoms with Crippen LogP contribution in [0.25, 0.3) is 33.9 Å². The molecule has 8 heteroatoms. The van der Waals surface area contributed by atoms with Crippen LogP contribution in [0.3, 0.4) is 0 Å². The normalized spacial score (nSPS) is 12.8. The number of hydrogen-bond donors (Lipinski definition) is 2. The first-order valence-electron chi connectivity index (χ1n) is 24.5. The Morgan fingerprint density at radius 2 is 0.621 bits per heavy atom. The number of allylic oxidation sites excluding steroid dienone is 4. The first-order valence-corrected chi connectivity index (χ1v) is 24.5. The summed E-state index contributed by atoms with van der Waals surface area (Å²) in [6, 6.07) is 34.8. The van der Waals surface area contributed by atoms with Gasteiger partial charge in [0.05, 0.1) is 0 Å². The third-order valence-corrected chi connectivity index (χ3v) is 11.8. The number of aliphatic hydroxyl groups is 2. The quantitative estimate of drug-likeness (QED) is 0.0606. The molecule has 2 aliphatic rings. The molecule has 0 aliphatic carbocycles. The Hall–Kier alpha value is -3.88. The predicted molar refractivity (Wildman–Crippen MR) is 273 cm³/mol. The molecule has 0 radical (unpaired) electrons. The molecule has 364 valence electrons. The molecular weight excluding hydrogens is 950 g/mol. The predicted octanol–water partition coefficient (Wildman–Crippen LogP) is 15.9. The van der Waals surface area contributed by atoms with Crippen LogP contribution < -0.4 is 0 Å². The Balaban J connectivity index is 0.000000597. The van der Waals surface area contributed by atoms with Gasteiger partial charge in [-0.3, -0.25) is 0 Å². The number of aliphatic hydroxyl groups excluding tert-OH is 2. The molecule has 2 heterocycles. The smallest absolute Gasteiger partial charge is 0.210 e. The van der Waals surface area contributed by atoms with E-state index < -0.39 is 0 Å². The molecule has 0 fully saturated rings. The average molecular weight is 1030 g/mol. The largest absolute Gasteiger partial charge is 0.493 e. The maximum atomic E-state index is 11.3. The maximum Gasteiger partial charge on any atom is 0.210 e. The summed E-state index contributed by atoms with van der Waals surface area (Å²) in [6.07, 6.45) is 24.8. The van der Waals surface area contributed by atoms with Gasteiger partial charge in [-0.05, 0) is 148 Å². The molecule has 4 aromatic rings. The minimum atomic E-state index is 0. The summed E-state index contributed by atoms with van der Waals surface area (Å²) < 4.78 is 2.87. The number of aryl methyl sites for hydroxylation is 4. The van der Waals surface area contributed by atoms with Gasteiger partial charge in [-0.1, -0.05) is 129 Å². The van der Waals surface area contributed by atoms with Crippen LogP contribution in [0.5, 0.6) is 0 Å². The van der Waals surface area contributed by atoms with Crippen molar-refractivity contribution in [1.82, 2.24) is 0 Å². The standard InChI is InChI=1S/2C28H36N2.2CH4O.Ni.Pd/c2*1-4-7-12-22-14-10-17-24(19-22)27-21-26(16-9-6-3)28(30(27)29)25-18-11-15-23(20-25)13-8-5-2;2*1-2;;/h2*10-11,14-15,17-21H,4-9,12-13,16H2,1-3H3;2*2H,1H3;;. The zero-order valence-electron chi connectivity index (χ0n) is 41.4. The van der Waals surface area contributed by atoms with Gasteiger partial charge in [-0.2, -0.15) is 0 Å². The van der Waals surface area contributed by atoms with E-state index in [1.54, 1.807) is 0 Å². The molecule has 2 aliphatic heterocycles. The molecule has 6 nitrogen and oxygen atoms in total. The number of hydrogen-bond acceptors (Lipinski definition) is 2. The fraction of sp³-hybridized carbons (Fsp3) is 0.448. The zero-order valence-corrected chi connectivity index (χ0v) is 44.0. The second kappa shape index (κ2) is 34.4. The zero-order chi connectivity index (χ0) is 46.7. The van der Waals surface area contributed by atoms with Crippen LogP contribution in [0, 0.1) is 0 Å².